The Balaban J connectivity index is 1.34. The Hall–Kier alpha value is -2.63. The van der Waals surface area contributed by atoms with E-state index in [1.165, 1.54) is 0 Å². The highest BCUT2D eigenvalue weighted by molar-refractivity contribution is 5.91. The first-order chi connectivity index (χ1) is 14.3. The van der Waals surface area contributed by atoms with Crippen LogP contribution in [0.1, 0.15) is 24.0 Å². The Kier molecular flexibility index (Phi) is 8.76. The lowest BCUT2D eigenvalue weighted by Gasteiger charge is -2.26. The van der Waals surface area contributed by atoms with E-state index in [1.54, 1.807) is 6.08 Å². The van der Waals surface area contributed by atoms with Gasteiger partial charge in [0.1, 0.15) is 12.4 Å². The number of unbranched alkanes of at least 4 members (excludes halogenated alkanes) is 1. The van der Waals surface area contributed by atoms with Crippen molar-refractivity contribution < 1.29 is 14.3 Å². The molecule has 5 nitrogen and oxygen atoms in total. The van der Waals surface area contributed by atoms with E-state index in [-0.39, 0.29) is 5.91 Å². The largest absolute Gasteiger partial charge is 0.489 e. The van der Waals surface area contributed by atoms with Gasteiger partial charge in [-0.25, -0.2) is 0 Å². The lowest BCUT2D eigenvalue weighted by atomic mass is 10.2. The van der Waals surface area contributed by atoms with Crippen LogP contribution in [0.3, 0.4) is 0 Å². The van der Waals surface area contributed by atoms with Gasteiger partial charge in [-0.1, -0.05) is 42.5 Å². The third-order valence-electron chi connectivity index (χ3n) is 4.84. The highest BCUT2D eigenvalue weighted by atomic mass is 16.5. The summed E-state index contributed by atoms with van der Waals surface area (Å²) in [5, 5.41) is 2.95. The number of ether oxygens (including phenoxy) is 2. The highest BCUT2D eigenvalue weighted by Crippen LogP contribution is 2.16. The fourth-order valence-electron chi connectivity index (χ4n) is 3.18. The van der Waals surface area contributed by atoms with Crippen LogP contribution in [0.2, 0.25) is 0 Å². The molecular weight excluding hydrogens is 364 g/mol. The molecule has 0 saturated carbocycles. The second-order valence-corrected chi connectivity index (χ2v) is 7.13. The minimum Gasteiger partial charge on any atom is -0.489 e. The van der Waals surface area contributed by atoms with Gasteiger partial charge >= 0.3 is 0 Å². The molecule has 0 radical (unpaired) electrons. The molecule has 1 N–H and O–H groups in total. The summed E-state index contributed by atoms with van der Waals surface area (Å²) in [6, 6.07) is 17.8. The van der Waals surface area contributed by atoms with Crippen LogP contribution in [0.25, 0.3) is 6.08 Å². The molecule has 0 aromatic heterocycles. The van der Waals surface area contributed by atoms with Crippen molar-refractivity contribution in [3.8, 4) is 5.75 Å². The molecule has 1 aliphatic rings. The van der Waals surface area contributed by atoms with Gasteiger partial charge in [-0.15, -0.1) is 0 Å². The van der Waals surface area contributed by atoms with Gasteiger partial charge in [-0.3, -0.25) is 9.69 Å². The summed E-state index contributed by atoms with van der Waals surface area (Å²) in [5.41, 5.74) is 2.07. The minimum absolute atomic E-state index is 0.0630. The van der Waals surface area contributed by atoms with Crippen LogP contribution in [0.5, 0.6) is 5.75 Å². The summed E-state index contributed by atoms with van der Waals surface area (Å²) >= 11 is 0. The van der Waals surface area contributed by atoms with Crippen molar-refractivity contribution in [2.75, 3.05) is 39.4 Å². The fourth-order valence-corrected chi connectivity index (χ4v) is 3.18. The Bertz CT molecular complexity index is 771. The second kappa shape index (κ2) is 12.0. The number of amides is 1. The van der Waals surface area contributed by atoms with Gasteiger partial charge in [0.25, 0.3) is 0 Å². The molecule has 154 valence electrons. The predicted molar refractivity (Wildman–Crippen MR) is 116 cm³/mol. The van der Waals surface area contributed by atoms with Crippen LogP contribution in [0, 0.1) is 0 Å². The van der Waals surface area contributed by atoms with E-state index in [1.807, 2.05) is 60.7 Å². The number of hydrogen-bond acceptors (Lipinski definition) is 4. The van der Waals surface area contributed by atoms with Crippen molar-refractivity contribution in [1.29, 1.82) is 0 Å². The summed E-state index contributed by atoms with van der Waals surface area (Å²) in [5.74, 6) is 0.728. The van der Waals surface area contributed by atoms with Gasteiger partial charge in [0.2, 0.25) is 5.91 Å². The molecule has 5 heteroatoms. The van der Waals surface area contributed by atoms with E-state index in [9.17, 15) is 4.79 Å². The van der Waals surface area contributed by atoms with Gasteiger partial charge in [-0.05, 0) is 48.7 Å². The molecule has 1 fully saturated rings. The molecule has 1 heterocycles. The molecular formula is C24H30N2O3. The van der Waals surface area contributed by atoms with Crippen LogP contribution >= 0.6 is 0 Å². The monoisotopic (exact) mass is 394 g/mol. The van der Waals surface area contributed by atoms with Crippen molar-refractivity contribution in [3.05, 3.63) is 71.8 Å². The first kappa shape index (κ1) is 21.1. The summed E-state index contributed by atoms with van der Waals surface area (Å²) in [6.45, 7) is 6.00. The van der Waals surface area contributed by atoms with E-state index in [4.69, 9.17) is 9.47 Å². The van der Waals surface area contributed by atoms with Crippen molar-refractivity contribution in [3.63, 3.8) is 0 Å². The van der Waals surface area contributed by atoms with Gasteiger partial charge in [0.15, 0.2) is 0 Å². The van der Waals surface area contributed by atoms with Crippen LogP contribution in [0.4, 0.5) is 0 Å². The highest BCUT2D eigenvalue weighted by Gasteiger charge is 2.09. The van der Waals surface area contributed by atoms with Crippen LogP contribution in [-0.2, 0) is 16.1 Å². The number of carbonyl (C=O) groups is 1. The smallest absolute Gasteiger partial charge is 0.243 e. The second-order valence-electron chi connectivity index (χ2n) is 7.13. The Morgan fingerprint density at radius 2 is 1.90 bits per heavy atom. The molecule has 0 unspecified atom stereocenters. The molecule has 29 heavy (non-hydrogen) atoms. The minimum atomic E-state index is -0.0630. The zero-order valence-electron chi connectivity index (χ0n) is 16.9. The molecule has 0 spiro atoms. The molecule has 1 amide bonds. The molecule has 0 aliphatic carbocycles. The van der Waals surface area contributed by atoms with E-state index in [0.717, 1.165) is 62.6 Å². The maximum absolute atomic E-state index is 12.0. The average molecular weight is 395 g/mol. The molecule has 1 aliphatic heterocycles. The van der Waals surface area contributed by atoms with E-state index >= 15 is 0 Å². The van der Waals surface area contributed by atoms with Gasteiger partial charge in [0, 0.05) is 25.7 Å². The van der Waals surface area contributed by atoms with Crippen molar-refractivity contribution in [1.82, 2.24) is 10.2 Å². The molecule has 3 rings (SSSR count). The molecule has 2 aromatic carbocycles. The number of rotatable bonds is 10. The summed E-state index contributed by atoms with van der Waals surface area (Å²) in [4.78, 5) is 14.4. The number of benzene rings is 2. The first-order valence-corrected chi connectivity index (χ1v) is 10.3. The Morgan fingerprint density at radius 1 is 1.07 bits per heavy atom. The lowest BCUT2D eigenvalue weighted by Crippen LogP contribution is -2.37. The number of carbonyl (C=O) groups excluding carboxylic acids is 1. The third kappa shape index (κ3) is 8.10. The summed E-state index contributed by atoms with van der Waals surface area (Å²) in [7, 11) is 0. The molecule has 2 aromatic rings. The lowest BCUT2D eigenvalue weighted by molar-refractivity contribution is -0.116. The predicted octanol–water partition coefficient (Wildman–Crippen LogP) is 3.51. The van der Waals surface area contributed by atoms with E-state index < -0.39 is 0 Å². The first-order valence-electron chi connectivity index (χ1n) is 10.3. The third-order valence-corrected chi connectivity index (χ3v) is 4.84. The van der Waals surface area contributed by atoms with Crippen molar-refractivity contribution in [2.24, 2.45) is 0 Å². The molecule has 1 saturated heterocycles. The number of nitrogens with zero attached hydrogens (tertiary/aromatic N) is 1. The number of hydrogen-bond donors (Lipinski definition) is 1. The van der Waals surface area contributed by atoms with Gasteiger partial charge in [0.05, 0.1) is 13.2 Å². The molecule has 0 atom stereocenters. The quantitative estimate of drug-likeness (QED) is 0.495. The average Bonchev–Trinajstić information content (AvgIpc) is 2.78. The summed E-state index contributed by atoms with van der Waals surface area (Å²) in [6.07, 6.45) is 5.47. The Morgan fingerprint density at radius 3 is 2.72 bits per heavy atom. The maximum atomic E-state index is 12.0. The fraction of sp³-hybridized carbons (Fsp3) is 0.375. The van der Waals surface area contributed by atoms with Gasteiger partial charge in [-0.2, -0.15) is 0 Å². The van der Waals surface area contributed by atoms with Gasteiger partial charge < -0.3 is 14.8 Å². The number of morpholine rings is 1. The topological polar surface area (TPSA) is 50.8 Å². The Labute approximate surface area is 173 Å². The zero-order chi connectivity index (χ0) is 20.2. The molecule has 0 bridgehead atoms. The van der Waals surface area contributed by atoms with Crippen molar-refractivity contribution >= 4 is 12.0 Å². The van der Waals surface area contributed by atoms with Crippen molar-refractivity contribution in [2.45, 2.75) is 19.4 Å². The SMILES string of the molecule is O=C(/C=C/c1cccc(OCc2ccccc2)c1)NCCCCN1CCOCC1. The van der Waals surface area contributed by atoms with Crippen LogP contribution in [0.15, 0.2) is 60.7 Å². The zero-order valence-corrected chi connectivity index (χ0v) is 16.9. The maximum Gasteiger partial charge on any atom is 0.243 e. The normalized spacial score (nSPS) is 14.8. The van der Waals surface area contributed by atoms with E-state index in [0.29, 0.717) is 13.2 Å². The van der Waals surface area contributed by atoms with Crippen LogP contribution < -0.4 is 10.1 Å². The summed E-state index contributed by atoms with van der Waals surface area (Å²) < 4.78 is 11.2. The number of nitrogens with one attached hydrogen (secondary N) is 1. The standard InChI is InChI=1S/C24H30N2O3/c27-24(25-13-4-5-14-26-15-17-28-18-16-26)12-11-21-9-6-10-23(19-21)29-20-22-7-2-1-3-8-22/h1-3,6-12,19H,4-5,13-18,20H2,(H,25,27)/b12-11+. The van der Waals surface area contributed by atoms with Crippen LogP contribution in [-0.4, -0.2) is 50.2 Å². The van der Waals surface area contributed by atoms with E-state index in [2.05, 4.69) is 10.2 Å².